The summed E-state index contributed by atoms with van der Waals surface area (Å²) in [5.74, 6) is 0.0687. The molecule has 0 aromatic heterocycles. The fraction of sp³-hybridized carbons (Fsp3) is 0.200. The van der Waals surface area contributed by atoms with Crippen LogP contribution in [-0.4, -0.2) is 31.6 Å². The summed E-state index contributed by atoms with van der Waals surface area (Å²) in [6.45, 7) is 1.87. The van der Waals surface area contributed by atoms with Crippen molar-refractivity contribution in [2.45, 2.75) is 13.0 Å². The molecule has 6 heteroatoms. The van der Waals surface area contributed by atoms with Crippen LogP contribution in [0, 0.1) is 0 Å². The van der Waals surface area contributed by atoms with Crippen LogP contribution in [-0.2, 0) is 14.3 Å². The third-order valence-corrected chi connectivity index (χ3v) is 4.95. The van der Waals surface area contributed by atoms with Gasteiger partial charge >= 0.3 is 5.97 Å². The van der Waals surface area contributed by atoms with Gasteiger partial charge in [0, 0.05) is 13.5 Å². The second-order valence-electron chi connectivity index (χ2n) is 7.10. The predicted octanol–water partition coefficient (Wildman–Crippen LogP) is 4.14. The van der Waals surface area contributed by atoms with Crippen molar-refractivity contribution < 1.29 is 23.8 Å². The van der Waals surface area contributed by atoms with Crippen LogP contribution < -0.4 is 14.4 Å². The molecule has 0 bridgehead atoms. The van der Waals surface area contributed by atoms with Gasteiger partial charge in [-0.2, -0.15) is 0 Å². The van der Waals surface area contributed by atoms with Gasteiger partial charge in [-0.05, 0) is 23.3 Å². The van der Waals surface area contributed by atoms with Gasteiger partial charge in [0.05, 0.1) is 12.3 Å². The number of hydrogen-bond acceptors (Lipinski definition) is 5. The highest BCUT2D eigenvalue weighted by Crippen LogP contribution is 2.40. The number of esters is 1. The van der Waals surface area contributed by atoms with Gasteiger partial charge < -0.3 is 19.1 Å². The molecule has 0 unspecified atom stereocenters. The Morgan fingerprint density at radius 1 is 0.968 bits per heavy atom. The van der Waals surface area contributed by atoms with E-state index in [-0.39, 0.29) is 18.6 Å². The normalized spacial score (nSPS) is 13.0. The first-order valence-corrected chi connectivity index (χ1v) is 10.1. The molecule has 0 N–H and O–H groups in total. The van der Waals surface area contributed by atoms with E-state index in [0.717, 1.165) is 11.1 Å². The summed E-state index contributed by atoms with van der Waals surface area (Å²) in [4.78, 5) is 25.5. The molecule has 3 aromatic carbocycles. The van der Waals surface area contributed by atoms with Crippen molar-refractivity contribution in [1.82, 2.24) is 0 Å². The number of para-hydroxylation sites is 1. The highest BCUT2D eigenvalue weighted by Gasteiger charge is 2.28. The molecule has 1 heterocycles. The molecule has 0 radical (unpaired) electrons. The molecular weight excluding hydrogens is 394 g/mol. The molecular formula is C25H23NO5. The SMILES string of the molecule is CC(=O)Oc1cccc2c1OCC(=O)N2CCOC(c1ccccc1)c1ccccc1. The summed E-state index contributed by atoms with van der Waals surface area (Å²) in [5, 5.41) is 0. The fourth-order valence-corrected chi connectivity index (χ4v) is 3.59. The lowest BCUT2D eigenvalue weighted by Crippen LogP contribution is -2.41. The van der Waals surface area contributed by atoms with E-state index in [4.69, 9.17) is 14.2 Å². The molecule has 0 saturated carbocycles. The number of rotatable bonds is 7. The second kappa shape index (κ2) is 9.45. The standard InChI is InChI=1S/C25H23NO5/c1-18(27)31-22-14-8-13-21-25(22)30-17-23(28)26(21)15-16-29-24(19-9-4-2-5-10-19)20-11-6-3-7-12-20/h2-14,24H,15-17H2,1H3. The maximum absolute atomic E-state index is 12.5. The summed E-state index contributed by atoms with van der Waals surface area (Å²) in [6.07, 6.45) is -0.245. The first kappa shape index (κ1) is 20.6. The largest absolute Gasteiger partial charge is 0.478 e. The first-order valence-electron chi connectivity index (χ1n) is 10.1. The minimum Gasteiger partial charge on any atom is -0.478 e. The maximum atomic E-state index is 12.5. The molecule has 1 amide bonds. The van der Waals surface area contributed by atoms with Gasteiger partial charge in [0.25, 0.3) is 5.91 Å². The zero-order valence-electron chi connectivity index (χ0n) is 17.2. The van der Waals surface area contributed by atoms with E-state index in [1.165, 1.54) is 6.92 Å². The molecule has 0 atom stereocenters. The van der Waals surface area contributed by atoms with Gasteiger partial charge in [0.15, 0.2) is 18.1 Å². The van der Waals surface area contributed by atoms with Gasteiger partial charge in [-0.3, -0.25) is 9.59 Å². The van der Waals surface area contributed by atoms with Crippen molar-refractivity contribution in [3.8, 4) is 11.5 Å². The molecule has 6 nitrogen and oxygen atoms in total. The number of carbonyl (C=O) groups excluding carboxylic acids is 2. The number of anilines is 1. The van der Waals surface area contributed by atoms with Gasteiger partial charge in [-0.1, -0.05) is 66.7 Å². The van der Waals surface area contributed by atoms with Crippen LogP contribution in [0.15, 0.2) is 78.9 Å². The van der Waals surface area contributed by atoms with Crippen LogP contribution in [0.5, 0.6) is 11.5 Å². The lowest BCUT2D eigenvalue weighted by molar-refractivity contribution is -0.132. The number of fused-ring (bicyclic) bond motifs is 1. The minimum absolute atomic E-state index is 0.119. The van der Waals surface area contributed by atoms with Gasteiger partial charge in [0.2, 0.25) is 0 Å². The van der Waals surface area contributed by atoms with Crippen molar-refractivity contribution in [1.29, 1.82) is 0 Å². The molecule has 158 valence electrons. The predicted molar refractivity (Wildman–Crippen MR) is 116 cm³/mol. The van der Waals surface area contributed by atoms with Crippen molar-refractivity contribution >= 4 is 17.6 Å². The van der Waals surface area contributed by atoms with E-state index in [1.807, 2.05) is 60.7 Å². The smallest absolute Gasteiger partial charge is 0.308 e. The Morgan fingerprint density at radius 2 is 1.61 bits per heavy atom. The Hall–Kier alpha value is -3.64. The van der Waals surface area contributed by atoms with E-state index in [0.29, 0.717) is 30.3 Å². The summed E-state index contributed by atoms with van der Waals surface area (Å²) >= 11 is 0. The van der Waals surface area contributed by atoms with Gasteiger partial charge in [-0.15, -0.1) is 0 Å². The zero-order valence-corrected chi connectivity index (χ0v) is 17.2. The average molecular weight is 417 g/mol. The minimum atomic E-state index is -0.447. The number of nitrogens with zero attached hydrogens (tertiary/aromatic N) is 1. The van der Waals surface area contributed by atoms with E-state index in [1.54, 1.807) is 23.1 Å². The van der Waals surface area contributed by atoms with Crippen molar-refractivity contribution in [3.63, 3.8) is 0 Å². The summed E-state index contributed by atoms with van der Waals surface area (Å²) in [5.41, 5.74) is 2.65. The monoisotopic (exact) mass is 417 g/mol. The fourth-order valence-electron chi connectivity index (χ4n) is 3.59. The van der Waals surface area contributed by atoms with Crippen molar-refractivity contribution in [2.75, 3.05) is 24.7 Å². The highest BCUT2D eigenvalue weighted by atomic mass is 16.6. The molecule has 31 heavy (non-hydrogen) atoms. The molecule has 3 aromatic rings. The third kappa shape index (κ3) is 4.75. The first-order chi connectivity index (χ1) is 15.1. The maximum Gasteiger partial charge on any atom is 0.308 e. The van der Waals surface area contributed by atoms with Crippen molar-refractivity contribution in [2.24, 2.45) is 0 Å². The number of hydrogen-bond donors (Lipinski definition) is 0. The van der Waals surface area contributed by atoms with E-state index >= 15 is 0 Å². The Balaban J connectivity index is 1.52. The quantitative estimate of drug-likeness (QED) is 0.427. The molecule has 0 saturated heterocycles. The molecule has 4 rings (SSSR count). The van der Waals surface area contributed by atoms with Crippen LogP contribution >= 0.6 is 0 Å². The lowest BCUT2D eigenvalue weighted by Gasteiger charge is -2.30. The summed E-state index contributed by atoms with van der Waals surface area (Å²) in [6, 6.07) is 25.1. The van der Waals surface area contributed by atoms with Gasteiger partial charge in [-0.25, -0.2) is 0 Å². The van der Waals surface area contributed by atoms with Crippen LogP contribution in [0.3, 0.4) is 0 Å². The molecule has 1 aliphatic rings. The Morgan fingerprint density at radius 3 is 2.23 bits per heavy atom. The average Bonchev–Trinajstić information content (AvgIpc) is 2.79. The number of ether oxygens (including phenoxy) is 3. The highest BCUT2D eigenvalue weighted by molar-refractivity contribution is 5.98. The van der Waals surface area contributed by atoms with Crippen LogP contribution in [0.1, 0.15) is 24.2 Å². The topological polar surface area (TPSA) is 65.1 Å². The number of benzene rings is 3. The molecule has 0 aliphatic carbocycles. The molecule has 0 fully saturated rings. The molecule has 1 aliphatic heterocycles. The van der Waals surface area contributed by atoms with Crippen LogP contribution in [0.4, 0.5) is 5.69 Å². The Labute approximate surface area is 181 Å². The van der Waals surface area contributed by atoms with E-state index in [9.17, 15) is 9.59 Å². The third-order valence-electron chi connectivity index (χ3n) is 4.95. The van der Waals surface area contributed by atoms with Crippen molar-refractivity contribution in [3.05, 3.63) is 90.0 Å². The van der Waals surface area contributed by atoms with E-state index in [2.05, 4.69) is 0 Å². The second-order valence-corrected chi connectivity index (χ2v) is 7.10. The zero-order chi connectivity index (χ0) is 21.6. The summed E-state index contributed by atoms with van der Waals surface area (Å²) < 4.78 is 17.0. The van der Waals surface area contributed by atoms with Crippen LogP contribution in [0.25, 0.3) is 0 Å². The van der Waals surface area contributed by atoms with Crippen LogP contribution in [0.2, 0.25) is 0 Å². The number of carbonyl (C=O) groups is 2. The van der Waals surface area contributed by atoms with Gasteiger partial charge in [0.1, 0.15) is 6.10 Å². The number of amides is 1. The summed E-state index contributed by atoms with van der Waals surface area (Å²) in [7, 11) is 0. The van der Waals surface area contributed by atoms with E-state index < -0.39 is 5.97 Å². The Bertz CT molecular complexity index is 1010. The lowest BCUT2D eigenvalue weighted by atomic mass is 10.0. The Kier molecular flexibility index (Phi) is 6.29. The molecule has 0 spiro atoms.